The summed E-state index contributed by atoms with van der Waals surface area (Å²) in [6.45, 7) is 30.7. The molecule has 184 valence electrons. The summed E-state index contributed by atoms with van der Waals surface area (Å²) in [4.78, 5) is 0. The highest BCUT2D eigenvalue weighted by molar-refractivity contribution is 5.48. The predicted octanol–water partition coefficient (Wildman–Crippen LogP) is 10.8. The molecule has 0 aliphatic heterocycles. The SMILES string of the molecule is CC(C)c1cc(CC(C)c2cc(C(C)C)cc(C(C)C)c2C(C)C)c(C(C)C)c(C(C)C)c1. The molecule has 0 heterocycles. The Morgan fingerprint density at radius 1 is 0.424 bits per heavy atom. The number of benzene rings is 2. The van der Waals surface area contributed by atoms with Crippen LogP contribution in [0.5, 0.6) is 0 Å². The fraction of sp³-hybridized carbons (Fsp3) is 0.636. The van der Waals surface area contributed by atoms with Gasteiger partial charge in [-0.1, -0.05) is 114 Å². The molecule has 0 heteroatoms. The normalized spacial score (nSPS) is 13.4. The Morgan fingerprint density at radius 3 is 1.21 bits per heavy atom. The Kier molecular flexibility index (Phi) is 9.43. The van der Waals surface area contributed by atoms with E-state index >= 15 is 0 Å². The van der Waals surface area contributed by atoms with Crippen molar-refractivity contribution in [3.05, 3.63) is 68.8 Å². The van der Waals surface area contributed by atoms with Crippen LogP contribution in [0.25, 0.3) is 0 Å². The van der Waals surface area contributed by atoms with E-state index < -0.39 is 0 Å². The third kappa shape index (κ3) is 6.32. The molecular weight excluding hydrogens is 396 g/mol. The van der Waals surface area contributed by atoms with Crippen LogP contribution in [0.1, 0.15) is 176 Å². The van der Waals surface area contributed by atoms with E-state index in [1.165, 1.54) is 11.1 Å². The number of hydrogen-bond acceptors (Lipinski definition) is 0. The first-order chi connectivity index (χ1) is 15.3. The highest BCUT2D eigenvalue weighted by atomic mass is 14.3. The summed E-state index contributed by atoms with van der Waals surface area (Å²) in [6, 6.07) is 10.1. The lowest BCUT2D eigenvalue weighted by Gasteiger charge is -2.28. The van der Waals surface area contributed by atoms with Crippen molar-refractivity contribution in [2.24, 2.45) is 0 Å². The van der Waals surface area contributed by atoms with E-state index in [2.05, 4.69) is 114 Å². The Morgan fingerprint density at radius 2 is 0.818 bits per heavy atom. The lowest BCUT2D eigenvalue weighted by atomic mass is 9.76. The van der Waals surface area contributed by atoms with Crippen molar-refractivity contribution < 1.29 is 0 Å². The lowest BCUT2D eigenvalue weighted by Crippen LogP contribution is -2.13. The van der Waals surface area contributed by atoms with Crippen molar-refractivity contribution in [1.82, 2.24) is 0 Å². The van der Waals surface area contributed by atoms with Gasteiger partial charge in [-0.15, -0.1) is 0 Å². The minimum absolute atomic E-state index is 0.499. The third-order valence-corrected chi connectivity index (χ3v) is 7.38. The second-order valence-corrected chi connectivity index (χ2v) is 12.3. The highest BCUT2D eigenvalue weighted by Gasteiger charge is 2.24. The molecule has 0 aliphatic rings. The lowest BCUT2D eigenvalue weighted by molar-refractivity contribution is 0.685. The molecule has 1 atom stereocenters. The van der Waals surface area contributed by atoms with Crippen LogP contribution in [0.15, 0.2) is 24.3 Å². The van der Waals surface area contributed by atoms with Gasteiger partial charge in [0.1, 0.15) is 0 Å². The quantitative estimate of drug-likeness (QED) is 0.358. The summed E-state index contributed by atoms with van der Waals surface area (Å²) in [5.74, 6) is 3.80. The molecule has 2 aromatic carbocycles. The highest BCUT2D eigenvalue weighted by Crippen LogP contribution is 2.40. The average molecular weight is 449 g/mol. The van der Waals surface area contributed by atoms with Gasteiger partial charge in [-0.3, -0.25) is 0 Å². The van der Waals surface area contributed by atoms with Crippen LogP contribution >= 0.6 is 0 Å². The molecule has 0 N–H and O–H groups in total. The van der Waals surface area contributed by atoms with E-state index in [1.54, 1.807) is 33.4 Å². The molecule has 0 aromatic heterocycles. The second kappa shape index (κ2) is 11.2. The molecule has 0 fully saturated rings. The van der Waals surface area contributed by atoms with Crippen LogP contribution in [-0.2, 0) is 6.42 Å². The zero-order chi connectivity index (χ0) is 25.2. The minimum Gasteiger partial charge on any atom is -0.0587 e. The first-order valence-corrected chi connectivity index (χ1v) is 13.6. The van der Waals surface area contributed by atoms with Gasteiger partial charge in [0.25, 0.3) is 0 Å². The minimum atomic E-state index is 0.499. The summed E-state index contributed by atoms with van der Waals surface area (Å²) >= 11 is 0. The Balaban J connectivity index is 2.72. The fourth-order valence-electron chi connectivity index (χ4n) is 5.50. The van der Waals surface area contributed by atoms with Crippen LogP contribution in [0.2, 0.25) is 0 Å². The maximum Gasteiger partial charge on any atom is -0.0147 e. The molecule has 0 saturated heterocycles. The average Bonchev–Trinajstić information content (AvgIpc) is 2.71. The van der Waals surface area contributed by atoms with Crippen molar-refractivity contribution in [2.45, 2.75) is 138 Å². The van der Waals surface area contributed by atoms with Crippen LogP contribution < -0.4 is 0 Å². The summed E-state index contributed by atoms with van der Waals surface area (Å²) in [5.41, 5.74) is 12.4. The summed E-state index contributed by atoms with van der Waals surface area (Å²) in [7, 11) is 0. The molecular formula is C33H52. The van der Waals surface area contributed by atoms with E-state index in [9.17, 15) is 0 Å². The Labute approximate surface area is 206 Å². The van der Waals surface area contributed by atoms with Crippen LogP contribution in [0.4, 0.5) is 0 Å². The van der Waals surface area contributed by atoms with E-state index in [4.69, 9.17) is 0 Å². The standard InChI is InChI=1S/C33H52/c1-19(2)26-15-28(32(23(9)10)29(16-26)21(5)6)14-25(13)31-18-27(20(3)4)17-30(22(7)8)33(31)24(11)12/h15-25H,14H2,1-13H3. The van der Waals surface area contributed by atoms with Crippen molar-refractivity contribution in [3.63, 3.8) is 0 Å². The van der Waals surface area contributed by atoms with Gasteiger partial charge in [-0.2, -0.15) is 0 Å². The van der Waals surface area contributed by atoms with E-state index in [0.29, 0.717) is 41.4 Å². The van der Waals surface area contributed by atoms with Crippen LogP contribution in [0.3, 0.4) is 0 Å². The van der Waals surface area contributed by atoms with Gasteiger partial charge in [0, 0.05) is 0 Å². The maximum atomic E-state index is 2.54. The van der Waals surface area contributed by atoms with E-state index in [-0.39, 0.29) is 0 Å². The monoisotopic (exact) mass is 448 g/mol. The molecule has 2 rings (SSSR count). The molecule has 0 amide bonds. The molecule has 0 bridgehead atoms. The van der Waals surface area contributed by atoms with Crippen molar-refractivity contribution in [1.29, 1.82) is 0 Å². The fourth-order valence-corrected chi connectivity index (χ4v) is 5.50. The summed E-state index contributed by atoms with van der Waals surface area (Å²) < 4.78 is 0. The number of rotatable bonds is 9. The van der Waals surface area contributed by atoms with Gasteiger partial charge >= 0.3 is 0 Å². The maximum absolute atomic E-state index is 2.54. The van der Waals surface area contributed by atoms with Crippen molar-refractivity contribution in [2.75, 3.05) is 0 Å². The summed E-state index contributed by atoms with van der Waals surface area (Å²) in [5, 5.41) is 0. The molecule has 0 saturated carbocycles. The zero-order valence-electron chi connectivity index (χ0n) is 24.1. The van der Waals surface area contributed by atoms with Gasteiger partial charge in [-0.05, 0) is 92.4 Å². The van der Waals surface area contributed by atoms with Gasteiger partial charge in [0.05, 0.1) is 0 Å². The number of hydrogen-bond donors (Lipinski definition) is 0. The summed E-state index contributed by atoms with van der Waals surface area (Å²) in [6.07, 6.45) is 1.12. The van der Waals surface area contributed by atoms with Gasteiger partial charge in [0.2, 0.25) is 0 Å². The molecule has 0 nitrogen and oxygen atoms in total. The topological polar surface area (TPSA) is 0 Å². The first-order valence-electron chi connectivity index (χ1n) is 13.6. The smallest absolute Gasteiger partial charge is 0.0147 e. The molecule has 0 spiro atoms. The van der Waals surface area contributed by atoms with Gasteiger partial charge in [-0.25, -0.2) is 0 Å². The molecule has 2 aromatic rings. The van der Waals surface area contributed by atoms with Crippen LogP contribution in [0, 0.1) is 0 Å². The predicted molar refractivity (Wildman–Crippen MR) is 150 cm³/mol. The second-order valence-electron chi connectivity index (χ2n) is 12.3. The van der Waals surface area contributed by atoms with E-state index in [0.717, 1.165) is 6.42 Å². The molecule has 33 heavy (non-hydrogen) atoms. The molecule has 0 aliphatic carbocycles. The van der Waals surface area contributed by atoms with Crippen LogP contribution in [-0.4, -0.2) is 0 Å². The van der Waals surface area contributed by atoms with Gasteiger partial charge < -0.3 is 0 Å². The largest absolute Gasteiger partial charge is 0.0587 e. The molecule has 1 unspecified atom stereocenters. The Hall–Kier alpha value is -1.56. The molecule has 0 radical (unpaired) electrons. The van der Waals surface area contributed by atoms with Crippen molar-refractivity contribution >= 4 is 0 Å². The van der Waals surface area contributed by atoms with E-state index in [1.807, 2.05) is 0 Å². The van der Waals surface area contributed by atoms with Crippen molar-refractivity contribution in [3.8, 4) is 0 Å². The first kappa shape index (κ1) is 27.7. The van der Waals surface area contributed by atoms with Gasteiger partial charge in [0.15, 0.2) is 0 Å². The third-order valence-electron chi connectivity index (χ3n) is 7.38. The zero-order valence-corrected chi connectivity index (χ0v) is 24.1. The Bertz CT molecular complexity index is 922.